The van der Waals surface area contributed by atoms with Gasteiger partial charge in [0.15, 0.2) is 0 Å². The van der Waals surface area contributed by atoms with Gasteiger partial charge in [0.05, 0.1) is 25.2 Å². The van der Waals surface area contributed by atoms with E-state index in [1.807, 2.05) is 19.1 Å². The van der Waals surface area contributed by atoms with Crippen LogP contribution >= 0.6 is 0 Å². The van der Waals surface area contributed by atoms with Crippen molar-refractivity contribution in [3.05, 3.63) is 37.5 Å². The fourth-order valence-electron chi connectivity index (χ4n) is 4.54. The van der Waals surface area contributed by atoms with Crippen molar-refractivity contribution in [2.45, 2.75) is 25.6 Å². The number of hydrogen-bond acceptors (Lipinski definition) is 6. The maximum atomic E-state index is 12.2. The number of allylic oxidation sites excluding steroid dienone is 2. The molecule has 8 unspecified atom stereocenters. The number of cyclic esters (lactones) is 2. The van der Waals surface area contributed by atoms with Crippen molar-refractivity contribution in [3.63, 3.8) is 0 Å². The lowest BCUT2D eigenvalue weighted by molar-refractivity contribution is -0.157. The molecule has 6 nitrogen and oxygen atoms in total. The molecule has 2 aliphatic heterocycles. The highest BCUT2D eigenvalue weighted by molar-refractivity contribution is 5.98. The molecule has 0 bridgehead atoms. The Morgan fingerprint density at radius 3 is 2.31 bits per heavy atom. The van der Waals surface area contributed by atoms with Gasteiger partial charge in [-0.25, -0.2) is 0 Å². The molecule has 0 N–H and O–H groups in total. The number of hydrogen-bond donors (Lipinski definition) is 0. The number of esters is 3. The second kappa shape index (κ2) is 7.19. The van der Waals surface area contributed by atoms with Crippen LogP contribution in [-0.2, 0) is 28.6 Å². The van der Waals surface area contributed by atoms with Gasteiger partial charge in [-0.3, -0.25) is 14.4 Å². The molecule has 0 aromatic carbocycles. The minimum Gasteiger partial charge on any atom is -0.469 e. The molecular weight excluding hydrogens is 336 g/mol. The van der Waals surface area contributed by atoms with Gasteiger partial charge in [0.1, 0.15) is 11.8 Å². The zero-order valence-corrected chi connectivity index (χ0v) is 15.0. The average Bonchev–Trinajstić information content (AvgIpc) is 3.25. The van der Waals surface area contributed by atoms with E-state index in [1.54, 1.807) is 6.08 Å². The summed E-state index contributed by atoms with van der Waals surface area (Å²) in [6.45, 7) is 9.55. The third kappa shape index (κ3) is 2.92. The Morgan fingerprint density at radius 2 is 1.73 bits per heavy atom. The summed E-state index contributed by atoms with van der Waals surface area (Å²) in [7, 11) is 1.39. The van der Waals surface area contributed by atoms with E-state index in [9.17, 15) is 14.4 Å². The lowest BCUT2D eigenvalue weighted by Crippen LogP contribution is -2.26. The van der Waals surface area contributed by atoms with Gasteiger partial charge in [-0.1, -0.05) is 31.2 Å². The third-order valence-electron chi connectivity index (χ3n) is 5.96. The van der Waals surface area contributed by atoms with Crippen LogP contribution in [0.3, 0.4) is 0 Å². The topological polar surface area (TPSA) is 78.9 Å². The number of ether oxygens (including phenoxy) is 3. The average molecular weight is 360 g/mol. The zero-order chi connectivity index (χ0) is 19.0. The summed E-state index contributed by atoms with van der Waals surface area (Å²) in [6.07, 6.45) is 6.73. The molecule has 2 heterocycles. The molecule has 0 aromatic rings. The smallest absolute Gasteiger partial charge is 0.320 e. The first-order valence-corrected chi connectivity index (χ1v) is 8.85. The van der Waals surface area contributed by atoms with Crippen molar-refractivity contribution in [3.8, 4) is 0 Å². The molecule has 2 saturated heterocycles. The highest BCUT2D eigenvalue weighted by Crippen LogP contribution is 2.45. The largest absolute Gasteiger partial charge is 0.469 e. The molecule has 3 aliphatic rings. The van der Waals surface area contributed by atoms with Gasteiger partial charge in [0, 0.05) is 0 Å². The van der Waals surface area contributed by atoms with E-state index >= 15 is 0 Å². The minimum absolute atomic E-state index is 0.0431. The Balaban J connectivity index is 1.81. The van der Waals surface area contributed by atoms with Gasteiger partial charge < -0.3 is 14.2 Å². The van der Waals surface area contributed by atoms with Gasteiger partial charge >= 0.3 is 17.9 Å². The van der Waals surface area contributed by atoms with E-state index in [2.05, 4.69) is 13.2 Å². The van der Waals surface area contributed by atoms with Crippen LogP contribution in [0.15, 0.2) is 37.5 Å². The van der Waals surface area contributed by atoms with Gasteiger partial charge in [0.2, 0.25) is 0 Å². The minimum atomic E-state index is -0.660. The van der Waals surface area contributed by atoms with Crippen molar-refractivity contribution < 1.29 is 28.6 Å². The quantitative estimate of drug-likeness (QED) is 0.424. The molecule has 3 fully saturated rings. The van der Waals surface area contributed by atoms with Crippen LogP contribution in [0.2, 0.25) is 0 Å². The summed E-state index contributed by atoms with van der Waals surface area (Å²) in [5.41, 5.74) is 0. The molecule has 6 heteroatoms. The van der Waals surface area contributed by atoms with Crippen molar-refractivity contribution >= 4 is 17.9 Å². The molecule has 1 saturated carbocycles. The number of carbonyl (C=O) groups excluding carboxylic acids is 3. The summed E-state index contributed by atoms with van der Waals surface area (Å²) in [6, 6.07) is 0. The van der Waals surface area contributed by atoms with Gasteiger partial charge in [-0.15, -0.1) is 13.2 Å². The van der Waals surface area contributed by atoms with Crippen molar-refractivity contribution in [1.29, 1.82) is 0 Å². The van der Waals surface area contributed by atoms with E-state index in [4.69, 9.17) is 14.2 Å². The number of carbonyl (C=O) groups is 3. The Hall–Kier alpha value is -2.21. The first-order valence-electron chi connectivity index (χ1n) is 8.85. The molecule has 0 aromatic heterocycles. The molecule has 3 rings (SSSR count). The van der Waals surface area contributed by atoms with Gasteiger partial charge in [-0.05, 0) is 24.2 Å². The van der Waals surface area contributed by atoms with Gasteiger partial charge in [0.25, 0.3) is 0 Å². The van der Waals surface area contributed by atoms with Crippen molar-refractivity contribution in [2.24, 2.45) is 35.5 Å². The number of fused-ring (bicyclic) bond motifs is 1. The van der Waals surface area contributed by atoms with Crippen LogP contribution in [0.5, 0.6) is 0 Å². The lowest BCUT2D eigenvalue weighted by Gasteiger charge is -2.19. The van der Waals surface area contributed by atoms with E-state index in [1.165, 1.54) is 13.2 Å². The summed E-state index contributed by atoms with van der Waals surface area (Å²) < 4.78 is 15.5. The van der Waals surface area contributed by atoms with E-state index in [0.717, 1.165) is 6.42 Å². The normalized spacial score (nSPS) is 41.9. The summed E-state index contributed by atoms with van der Waals surface area (Å²) in [5.74, 6) is -2.66. The molecule has 140 valence electrons. The molecule has 26 heavy (non-hydrogen) atoms. The van der Waals surface area contributed by atoms with E-state index in [0.29, 0.717) is 0 Å². The fourth-order valence-corrected chi connectivity index (χ4v) is 4.54. The highest BCUT2D eigenvalue weighted by atomic mass is 16.6. The number of rotatable bonds is 5. The SMILES string of the molecule is C=CC1CC(/C=C\C2OC(C=C)C3C(=O)OC(=O)C23)C(C(=O)OC)C1C. The molecular formula is C20H24O6. The Kier molecular flexibility index (Phi) is 5.14. The monoisotopic (exact) mass is 360 g/mol. The van der Waals surface area contributed by atoms with Crippen LogP contribution in [0.4, 0.5) is 0 Å². The summed E-state index contributed by atoms with van der Waals surface area (Å²) in [5, 5.41) is 0. The lowest BCUT2D eigenvalue weighted by atomic mass is 9.86. The second-order valence-electron chi connectivity index (χ2n) is 7.18. The molecule has 0 amide bonds. The maximum absolute atomic E-state index is 12.2. The van der Waals surface area contributed by atoms with Gasteiger partial charge in [-0.2, -0.15) is 0 Å². The molecule has 0 spiro atoms. The highest BCUT2D eigenvalue weighted by Gasteiger charge is 2.57. The van der Waals surface area contributed by atoms with Crippen LogP contribution in [0, 0.1) is 35.5 Å². The van der Waals surface area contributed by atoms with Crippen LogP contribution < -0.4 is 0 Å². The molecule has 0 radical (unpaired) electrons. The fraction of sp³-hybridized carbons (Fsp3) is 0.550. The standard InChI is InChI=1S/C20H24O6/c1-5-11-9-12(15(10(11)3)18(21)24-4)7-8-14-17-16(13(6-2)25-14)19(22)26-20(17)23/h5-8,10-17H,1-2,9H2,3-4H3/b8-7-. The summed E-state index contributed by atoms with van der Waals surface area (Å²) in [4.78, 5) is 36.1. The first-order chi connectivity index (χ1) is 12.4. The number of methoxy groups -OCH3 is 1. The van der Waals surface area contributed by atoms with Crippen molar-refractivity contribution in [1.82, 2.24) is 0 Å². The Labute approximate surface area is 152 Å². The summed E-state index contributed by atoms with van der Waals surface area (Å²) >= 11 is 0. The molecule has 8 atom stereocenters. The van der Waals surface area contributed by atoms with Crippen LogP contribution in [0.25, 0.3) is 0 Å². The molecule has 1 aliphatic carbocycles. The predicted molar refractivity (Wildman–Crippen MR) is 92.5 cm³/mol. The second-order valence-corrected chi connectivity index (χ2v) is 7.18. The first kappa shape index (κ1) is 18.6. The Morgan fingerprint density at radius 1 is 1.08 bits per heavy atom. The predicted octanol–water partition coefficient (Wildman–Crippen LogP) is 2.06. The van der Waals surface area contributed by atoms with Crippen LogP contribution in [-0.4, -0.2) is 37.2 Å². The van der Waals surface area contributed by atoms with Crippen LogP contribution in [0.1, 0.15) is 13.3 Å². The zero-order valence-electron chi connectivity index (χ0n) is 15.0. The third-order valence-corrected chi connectivity index (χ3v) is 5.96. The van der Waals surface area contributed by atoms with E-state index in [-0.39, 0.29) is 29.6 Å². The Bertz CT molecular complexity index is 665. The van der Waals surface area contributed by atoms with E-state index < -0.39 is 36.0 Å². The maximum Gasteiger partial charge on any atom is 0.320 e. The van der Waals surface area contributed by atoms with Crippen molar-refractivity contribution in [2.75, 3.05) is 7.11 Å².